The molecule has 2 N–H and O–H groups in total. The van der Waals surface area contributed by atoms with E-state index in [-0.39, 0.29) is 24.4 Å². The van der Waals surface area contributed by atoms with Crippen LogP contribution in [0.1, 0.15) is 24.0 Å². The van der Waals surface area contributed by atoms with Gasteiger partial charge in [0.2, 0.25) is 5.91 Å². The molecule has 9 heteroatoms. The standard InChI is InChI=1S/C30H32ClN5O3/c1-21-11-12-25(17-22(21)2)33-29(39)34-15-13-30(14-16-34)28(38)35(20-36(30)26-9-4-3-5-10-26)19-27(37)32-24-8-6-7-23(31)18-24/h3-12,17-18H,13-16,19-20H2,1-2H3,(H,32,37)(H,33,39). The summed E-state index contributed by atoms with van der Waals surface area (Å²) >= 11 is 6.04. The van der Waals surface area contributed by atoms with Crippen LogP contribution in [0.5, 0.6) is 0 Å². The van der Waals surface area contributed by atoms with Gasteiger partial charge in [0.15, 0.2) is 0 Å². The minimum atomic E-state index is -0.824. The van der Waals surface area contributed by atoms with Crippen molar-refractivity contribution in [2.24, 2.45) is 0 Å². The average Bonchev–Trinajstić information content (AvgIpc) is 3.17. The van der Waals surface area contributed by atoms with E-state index in [1.54, 1.807) is 34.1 Å². The van der Waals surface area contributed by atoms with Crippen molar-refractivity contribution in [1.29, 1.82) is 0 Å². The molecule has 4 amide bonds. The molecule has 3 aromatic carbocycles. The first-order valence-electron chi connectivity index (χ1n) is 13.1. The summed E-state index contributed by atoms with van der Waals surface area (Å²) in [6.07, 6.45) is 0.932. The molecule has 0 saturated carbocycles. The molecule has 0 unspecified atom stereocenters. The number of rotatable bonds is 5. The van der Waals surface area contributed by atoms with Crippen LogP contribution in [0.4, 0.5) is 21.9 Å². The third-order valence-corrected chi connectivity index (χ3v) is 7.90. The lowest BCUT2D eigenvalue weighted by molar-refractivity contribution is -0.136. The fourth-order valence-electron chi connectivity index (χ4n) is 5.36. The second-order valence-electron chi connectivity index (χ2n) is 10.2. The number of carbonyl (C=O) groups is 3. The molecule has 2 saturated heterocycles. The second kappa shape index (κ2) is 11.0. The van der Waals surface area contributed by atoms with Gasteiger partial charge in [0.25, 0.3) is 5.91 Å². The molecule has 2 heterocycles. The number of likely N-dealkylation sites (tertiary alicyclic amines) is 1. The van der Waals surface area contributed by atoms with Crippen LogP contribution in [-0.4, -0.2) is 59.5 Å². The zero-order valence-corrected chi connectivity index (χ0v) is 22.9. The number of aryl methyl sites for hydroxylation is 2. The number of hydrogen-bond donors (Lipinski definition) is 2. The number of nitrogens with one attached hydrogen (secondary N) is 2. The minimum Gasteiger partial charge on any atom is -0.339 e. The number of nitrogens with zero attached hydrogens (tertiary/aromatic N) is 3. The fraction of sp³-hybridized carbons (Fsp3) is 0.300. The summed E-state index contributed by atoms with van der Waals surface area (Å²) in [4.78, 5) is 45.3. The van der Waals surface area contributed by atoms with Crippen LogP contribution in [0, 0.1) is 13.8 Å². The Morgan fingerprint density at radius 1 is 0.872 bits per heavy atom. The van der Waals surface area contributed by atoms with Crippen LogP contribution < -0.4 is 15.5 Å². The van der Waals surface area contributed by atoms with E-state index >= 15 is 0 Å². The van der Waals surface area contributed by atoms with Crippen molar-refractivity contribution in [3.8, 4) is 0 Å². The lowest BCUT2D eigenvalue weighted by Crippen LogP contribution is -2.58. The Morgan fingerprint density at radius 2 is 1.59 bits per heavy atom. The van der Waals surface area contributed by atoms with E-state index in [1.165, 1.54) is 5.56 Å². The fourth-order valence-corrected chi connectivity index (χ4v) is 5.55. The number of anilines is 3. The largest absolute Gasteiger partial charge is 0.339 e. The third kappa shape index (κ3) is 5.56. The molecule has 39 heavy (non-hydrogen) atoms. The van der Waals surface area contributed by atoms with E-state index in [4.69, 9.17) is 11.6 Å². The molecule has 2 fully saturated rings. The third-order valence-electron chi connectivity index (χ3n) is 7.66. The first kappa shape index (κ1) is 26.6. The van der Waals surface area contributed by atoms with Gasteiger partial charge in [-0.1, -0.05) is 41.9 Å². The predicted octanol–water partition coefficient (Wildman–Crippen LogP) is 5.27. The molecule has 2 aliphatic heterocycles. The van der Waals surface area contributed by atoms with Crippen molar-refractivity contribution in [2.75, 3.05) is 41.8 Å². The number of halogens is 1. The zero-order chi connectivity index (χ0) is 27.6. The van der Waals surface area contributed by atoms with Gasteiger partial charge < -0.3 is 25.3 Å². The average molecular weight is 546 g/mol. The normalized spacial score (nSPS) is 16.5. The molecular weight excluding hydrogens is 514 g/mol. The molecule has 202 valence electrons. The van der Waals surface area contributed by atoms with E-state index < -0.39 is 5.54 Å². The van der Waals surface area contributed by atoms with Crippen LogP contribution in [0.25, 0.3) is 0 Å². The predicted molar refractivity (Wildman–Crippen MR) is 154 cm³/mol. The minimum absolute atomic E-state index is 0.0760. The maximum absolute atomic E-state index is 13.9. The van der Waals surface area contributed by atoms with Crippen LogP contribution in [-0.2, 0) is 9.59 Å². The Labute approximate surface area is 233 Å². The Hall–Kier alpha value is -4.04. The van der Waals surface area contributed by atoms with E-state index in [0.717, 1.165) is 16.9 Å². The molecule has 0 bridgehead atoms. The van der Waals surface area contributed by atoms with Crippen molar-refractivity contribution in [3.63, 3.8) is 0 Å². The SMILES string of the molecule is Cc1ccc(NC(=O)N2CCC3(CC2)C(=O)N(CC(=O)Nc2cccc(Cl)c2)CN3c2ccccc2)cc1C. The summed E-state index contributed by atoms with van der Waals surface area (Å²) in [5.41, 5.74) is 3.70. The molecule has 3 aromatic rings. The van der Waals surface area contributed by atoms with E-state index in [2.05, 4.69) is 15.5 Å². The lowest BCUT2D eigenvalue weighted by Gasteiger charge is -2.43. The van der Waals surface area contributed by atoms with Crippen LogP contribution in [0.2, 0.25) is 5.02 Å². The van der Waals surface area contributed by atoms with Gasteiger partial charge in [0.1, 0.15) is 12.1 Å². The zero-order valence-electron chi connectivity index (χ0n) is 22.1. The highest BCUT2D eigenvalue weighted by molar-refractivity contribution is 6.30. The van der Waals surface area contributed by atoms with Crippen molar-refractivity contribution in [3.05, 3.63) is 88.9 Å². The monoisotopic (exact) mass is 545 g/mol. The number of benzene rings is 3. The van der Waals surface area contributed by atoms with Crippen molar-refractivity contribution in [2.45, 2.75) is 32.2 Å². The van der Waals surface area contributed by atoms with E-state index in [0.29, 0.717) is 43.3 Å². The van der Waals surface area contributed by atoms with E-state index in [1.807, 2.05) is 62.4 Å². The van der Waals surface area contributed by atoms with Crippen LogP contribution in [0.3, 0.4) is 0 Å². The Morgan fingerprint density at radius 3 is 2.28 bits per heavy atom. The first-order valence-corrected chi connectivity index (χ1v) is 13.4. The molecule has 0 aromatic heterocycles. The smallest absolute Gasteiger partial charge is 0.321 e. The highest BCUT2D eigenvalue weighted by atomic mass is 35.5. The molecule has 5 rings (SSSR count). The molecule has 0 radical (unpaired) electrons. The highest BCUT2D eigenvalue weighted by Gasteiger charge is 2.54. The molecule has 0 atom stereocenters. The van der Waals surface area contributed by atoms with E-state index in [9.17, 15) is 14.4 Å². The quantitative estimate of drug-likeness (QED) is 0.457. The number of urea groups is 1. The van der Waals surface area contributed by atoms with Gasteiger partial charge in [-0.2, -0.15) is 0 Å². The maximum atomic E-state index is 13.9. The second-order valence-corrected chi connectivity index (χ2v) is 10.7. The first-order chi connectivity index (χ1) is 18.7. The number of hydrogen-bond acceptors (Lipinski definition) is 4. The van der Waals surface area contributed by atoms with Crippen molar-refractivity contribution in [1.82, 2.24) is 9.80 Å². The Bertz CT molecular complexity index is 1390. The molecule has 0 aliphatic carbocycles. The van der Waals surface area contributed by atoms with Gasteiger partial charge >= 0.3 is 6.03 Å². The summed E-state index contributed by atoms with van der Waals surface area (Å²) < 4.78 is 0. The molecule has 1 spiro atoms. The summed E-state index contributed by atoms with van der Waals surface area (Å²) in [5.74, 6) is -0.386. The summed E-state index contributed by atoms with van der Waals surface area (Å²) in [6.45, 7) is 5.11. The van der Waals surface area contributed by atoms with Gasteiger partial charge in [0.05, 0.1) is 6.67 Å². The number of amides is 4. The molecular formula is C30H32ClN5O3. The highest BCUT2D eigenvalue weighted by Crippen LogP contribution is 2.39. The van der Waals surface area contributed by atoms with Crippen LogP contribution >= 0.6 is 11.6 Å². The van der Waals surface area contributed by atoms with Gasteiger partial charge in [0, 0.05) is 35.2 Å². The van der Waals surface area contributed by atoms with Gasteiger partial charge in [-0.25, -0.2) is 4.79 Å². The maximum Gasteiger partial charge on any atom is 0.321 e. The Kier molecular flexibility index (Phi) is 7.48. The molecule has 8 nitrogen and oxygen atoms in total. The topological polar surface area (TPSA) is 85.0 Å². The molecule has 2 aliphatic rings. The van der Waals surface area contributed by atoms with Crippen molar-refractivity contribution < 1.29 is 14.4 Å². The lowest BCUT2D eigenvalue weighted by atomic mass is 9.85. The van der Waals surface area contributed by atoms with Crippen LogP contribution in [0.15, 0.2) is 72.8 Å². The number of para-hydroxylation sites is 1. The van der Waals surface area contributed by atoms with Gasteiger partial charge in [-0.15, -0.1) is 0 Å². The Balaban J connectivity index is 1.30. The van der Waals surface area contributed by atoms with Gasteiger partial charge in [-0.05, 0) is 80.3 Å². The van der Waals surface area contributed by atoms with Gasteiger partial charge in [-0.3, -0.25) is 9.59 Å². The summed E-state index contributed by atoms with van der Waals surface area (Å²) in [6, 6.07) is 22.3. The van der Waals surface area contributed by atoms with Crippen molar-refractivity contribution >= 4 is 46.5 Å². The summed E-state index contributed by atoms with van der Waals surface area (Å²) in [7, 11) is 0. The summed E-state index contributed by atoms with van der Waals surface area (Å²) in [5, 5.41) is 6.34. The number of carbonyl (C=O) groups excluding carboxylic acids is 3. The number of piperidine rings is 1.